The van der Waals surface area contributed by atoms with E-state index >= 15 is 8.78 Å². The molecule has 0 radical (unpaired) electrons. The Balaban J connectivity index is 0.663. The number of benzene rings is 10. The molecule has 0 amide bonds. The average molecular weight is 1350 g/mol. The maximum Gasteiger partial charge on any atom is 0.399 e. The molecule has 96 heavy (non-hydrogen) atoms. The maximum atomic E-state index is 16.1. The lowest BCUT2D eigenvalue weighted by Gasteiger charge is -2.55. The highest BCUT2D eigenvalue weighted by atomic mass is 32.2. The fourth-order valence-corrected chi connectivity index (χ4v) is 11.7. The summed E-state index contributed by atoms with van der Waals surface area (Å²) in [6.45, 7) is 3.52. The third kappa shape index (κ3) is 13.5. The number of sulfone groups is 1. The van der Waals surface area contributed by atoms with Crippen LogP contribution in [0.3, 0.4) is 0 Å². The van der Waals surface area contributed by atoms with Crippen LogP contribution in [0.15, 0.2) is 271 Å². The van der Waals surface area contributed by atoms with Crippen LogP contribution in [-0.4, -0.2) is 51.4 Å². The Morgan fingerprint density at radius 3 is 0.990 bits per heavy atom. The van der Waals surface area contributed by atoms with Crippen LogP contribution in [0.5, 0.6) is 51.7 Å². The molecule has 4 unspecified atom stereocenters. The molecular weight excluding hydrogens is 1300 g/mol. The van der Waals surface area contributed by atoms with Crippen molar-refractivity contribution in [3.8, 4) is 74.0 Å². The molecule has 0 heterocycles. The van der Waals surface area contributed by atoms with Crippen LogP contribution < -0.4 is 33.2 Å². The molecule has 0 spiro atoms. The van der Waals surface area contributed by atoms with E-state index in [1.165, 1.54) is 66.7 Å². The summed E-state index contributed by atoms with van der Waals surface area (Å²) in [6, 6.07) is 52.5. The summed E-state index contributed by atoms with van der Waals surface area (Å²) in [6.07, 6.45) is -8.05. The lowest BCUT2D eigenvalue weighted by atomic mass is 9.76. The molecule has 11 rings (SSSR count). The van der Waals surface area contributed by atoms with Gasteiger partial charge in [-0.1, -0.05) is 122 Å². The minimum absolute atomic E-state index is 0.0472. The quantitative estimate of drug-likeness (QED) is 0.0485. The van der Waals surface area contributed by atoms with Crippen molar-refractivity contribution in [2.45, 2.75) is 57.5 Å². The first kappa shape index (κ1) is 66.8. The zero-order valence-corrected chi connectivity index (χ0v) is 50.4. The van der Waals surface area contributed by atoms with E-state index in [2.05, 4.69) is 16.1 Å². The molecule has 1 saturated carbocycles. The zero-order chi connectivity index (χ0) is 68.4. The van der Waals surface area contributed by atoms with Gasteiger partial charge in [-0.15, -0.1) is 0 Å². The van der Waals surface area contributed by atoms with Gasteiger partial charge >= 0.3 is 41.9 Å². The van der Waals surface area contributed by atoms with Gasteiger partial charge < -0.3 is 33.2 Å². The summed E-state index contributed by atoms with van der Waals surface area (Å²) < 4.78 is 257. The number of alkyl halides is 12. The van der Waals surface area contributed by atoms with E-state index in [0.29, 0.717) is 83.4 Å². The van der Waals surface area contributed by atoms with Gasteiger partial charge in [0.15, 0.2) is 6.26 Å². The highest BCUT2D eigenvalue weighted by molar-refractivity contribution is 7.91. The Kier molecular flexibility index (Phi) is 18.3. The normalized spacial score (nSPS) is 17.4. The number of halogens is 13. The molecule has 0 saturated heterocycles. The predicted molar refractivity (Wildman–Crippen MR) is 330 cm³/mol. The van der Waals surface area contributed by atoms with Crippen LogP contribution in [0, 0.1) is 0 Å². The topological polar surface area (TPSA) is 98.8 Å². The Morgan fingerprint density at radius 2 is 0.677 bits per heavy atom. The predicted octanol–water partition coefficient (Wildman–Crippen LogP) is 20.8. The summed E-state index contributed by atoms with van der Waals surface area (Å²) >= 11 is 0. The smallest absolute Gasteiger partial charge is 0.399 e. The van der Waals surface area contributed by atoms with Crippen molar-refractivity contribution in [3.05, 3.63) is 289 Å². The lowest BCUT2D eigenvalue weighted by molar-refractivity contribution is -0.527. The summed E-state index contributed by atoms with van der Waals surface area (Å²) in [7, 11) is -2.30. The summed E-state index contributed by atoms with van der Waals surface area (Å²) in [5, 5.41) is 0. The second kappa shape index (κ2) is 26.3. The monoisotopic (exact) mass is 1350 g/mol. The van der Waals surface area contributed by atoms with E-state index in [1.807, 2.05) is 48.5 Å². The van der Waals surface area contributed by atoms with E-state index in [1.54, 1.807) is 55.6 Å². The molecule has 4 atom stereocenters. The molecule has 23 heteroatoms. The molecule has 10 aromatic rings. The van der Waals surface area contributed by atoms with Crippen LogP contribution >= 0.6 is 0 Å². The van der Waals surface area contributed by atoms with Gasteiger partial charge in [0.05, 0.1) is 16.9 Å². The van der Waals surface area contributed by atoms with Crippen LogP contribution in [0.25, 0.3) is 28.3 Å². The molecule has 0 N–H and O–H groups in total. The molecule has 1 aliphatic rings. The number of ether oxygens (including phenoxy) is 7. The molecular formula is C73H49F13O9S. The minimum atomic E-state index is -5.98. The Bertz CT molecular complexity index is 4500. The molecule has 1 aliphatic carbocycles. The number of hydrogen-bond acceptors (Lipinski definition) is 9. The van der Waals surface area contributed by atoms with Gasteiger partial charge in [-0.2, -0.15) is 57.1 Å². The van der Waals surface area contributed by atoms with Gasteiger partial charge in [0, 0.05) is 0 Å². The van der Waals surface area contributed by atoms with E-state index in [4.69, 9.17) is 23.7 Å². The molecule has 0 aliphatic heterocycles. The third-order valence-corrected chi connectivity index (χ3v) is 17.3. The van der Waals surface area contributed by atoms with Gasteiger partial charge in [-0.25, -0.2) is 8.42 Å². The largest absolute Gasteiger partial charge is 0.497 e. The first-order chi connectivity index (χ1) is 45.6. The second-order valence-corrected chi connectivity index (χ2v) is 23.6. The molecule has 10 aromatic carbocycles. The van der Waals surface area contributed by atoms with Gasteiger partial charge in [-0.05, 0) is 184 Å². The zero-order valence-electron chi connectivity index (χ0n) is 49.6. The summed E-state index contributed by atoms with van der Waals surface area (Å²) in [5.74, 6) is -27.3. The van der Waals surface area contributed by atoms with Gasteiger partial charge in [0.25, 0.3) is 0 Å². The van der Waals surface area contributed by atoms with E-state index in [9.17, 15) is 56.7 Å². The Labute approximate surface area is 540 Å². The Hall–Kier alpha value is -10.7. The number of rotatable bonds is 22. The molecule has 0 bridgehead atoms. The van der Waals surface area contributed by atoms with Crippen LogP contribution in [0.4, 0.5) is 57.1 Å². The van der Waals surface area contributed by atoms with Crippen molar-refractivity contribution in [1.29, 1.82) is 0 Å². The SMILES string of the molecule is C=Cc1ccc(C(c2ccc(OC3(F)C(F)(F)C(F)(F)C3(F)Oc3ccc(C(c4ccc(O/C(F)=C/Oc5ccc(-c6ccc(Oc7ccc(S(=O)(=O)c8ccc(Oc9ccc(-c%10ccc(OC)cc%10)cc9)cc8)cc7)cc6)cc5)cc4)C(F)(F)F)cc3)cc2)C(F)(F)F)cc1. The van der Waals surface area contributed by atoms with Gasteiger partial charge in [0.2, 0.25) is 9.84 Å². The highest BCUT2D eigenvalue weighted by Gasteiger charge is 3.03. The molecule has 0 aromatic heterocycles. The lowest BCUT2D eigenvalue weighted by Crippen LogP contribution is -2.89. The van der Waals surface area contributed by atoms with Crippen molar-refractivity contribution < 1.29 is 98.7 Å². The summed E-state index contributed by atoms with van der Waals surface area (Å²) in [4.78, 5) is 0.113. The summed E-state index contributed by atoms with van der Waals surface area (Å²) in [5.41, 5.74) is 2.03. The average Bonchev–Trinajstić information content (AvgIpc) is 0.656. The van der Waals surface area contributed by atoms with Crippen molar-refractivity contribution in [2.24, 2.45) is 0 Å². The minimum Gasteiger partial charge on any atom is -0.497 e. The highest BCUT2D eigenvalue weighted by Crippen LogP contribution is 2.68. The maximum absolute atomic E-state index is 16.1. The van der Waals surface area contributed by atoms with Crippen molar-refractivity contribution in [1.82, 2.24) is 0 Å². The fraction of sp³-hybridized carbons (Fsp3) is 0.123. The van der Waals surface area contributed by atoms with Crippen LogP contribution in [-0.2, 0) is 9.84 Å². The van der Waals surface area contributed by atoms with Crippen LogP contribution in [0.1, 0.15) is 39.7 Å². The van der Waals surface area contributed by atoms with E-state index < -0.39 is 91.8 Å². The Morgan fingerprint density at radius 1 is 0.396 bits per heavy atom. The van der Waals surface area contributed by atoms with Gasteiger partial charge in [0.1, 0.15) is 63.6 Å². The molecule has 1 fully saturated rings. The third-order valence-electron chi connectivity index (χ3n) is 15.5. The van der Waals surface area contributed by atoms with Crippen molar-refractivity contribution in [3.63, 3.8) is 0 Å². The first-order valence-electron chi connectivity index (χ1n) is 28.7. The van der Waals surface area contributed by atoms with Gasteiger partial charge in [-0.3, -0.25) is 0 Å². The van der Waals surface area contributed by atoms with Crippen molar-refractivity contribution in [2.75, 3.05) is 7.11 Å². The number of methoxy groups -OCH3 is 1. The van der Waals surface area contributed by atoms with E-state index in [-0.39, 0.29) is 26.9 Å². The second-order valence-electron chi connectivity index (χ2n) is 21.7. The molecule has 492 valence electrons. The standard InChI is InChI=1S/C73H49F13O9S/c1-3-45-4-6-50(7-5-45)66(68(75,76)77)52-18-32-61(33-19-52)94-72(85)70(81,82)71(83,84)73(72,86)95-62-34-20-53(21-35-62)67(69(78,79)80)51-16-30-60(31-17-51)93-65(74)44-90-55-24-10-47(11-25-55)49-14-28-57(29-15-49)92-59-38-42-64(43-39-59)96(87,88)63-40-36-58(37-41-63)91-56-26-12-48(13-27-56)46-8-22-54(89-2)23-9-46/h3-44,66-67H,1H2,2H3/b65-44+. The first-order valence-corrected chi connectivity index (χ1v) is 30.2. The fourth-order valence-electron chi connectivity index (χ4n) is 10.5. The van der Waals surface area contributed by atoms with Crippen molar-refractivity contribution >= 4 is 15.9 Å². The van der Waals surface area contributed by atoms with E-state index in [0.717, 1.165) is 64.4 Å². The number of hydrogen-bond donors (Lipinski definition) is 0. The molecule has 9 nitrogen and oxygen atoms in total. The van der Waals surface area contributed by atoms with Crippen LogP contribution in [0.2, 0.25) is 0 Å².